The van der Waals surface area contributed by atoms with Crippen molar-refractivity contribution >= 4 is 17.5 Å². The Kier molecular flexibility index (Phi) is 6.26. The summed E-state index contributed by atoms with van der Waals surface area (Å²) in [6.45, 7) is -2.99. The van der Waals surface area contributed by atoms with Crippen LogP contribution in [0.1, 0.15) is 20.7 Å². The third-order valence-corrected chi connectivity index (χ3v) is 4.29. The molecule has 3 aromatic carbocycles. The van der Waals surface area contributed by atoms with E-state index in [2.05, 4.69) is 10.1 Å². The third kappa shape index (κ3) is 4.91. The summed E-state index contributed by atoms with van der Waals surface area (Å²) in [6.07, 6.45) is 0. The zero-order valence-corrected chi connectivity index (χ0v) is 15.9. The van der Waals surface area contributed by atoms with Gasteiger partial charge in [0.2, 0.25) is 5.91 Å². The molecular formula is C22H18F2N2O4. The number of benzene rings is 3. The second-order valence-electron chi connectivity index (χ2n) is 6.21. The van der Waals surface area contributed by atoms with E-state index in [-0.39, 0.29) is 11.3 Å². The van der Waals surface area contributed by atoms with Crippen LogP contribution in [0.5, 0.6) is 11.5 Å². The van der Waals surface area contributed by atoms with Crippen molar-refractivity contribution in [3.05, 3.63) is 77.9 Å². The molecule has 0 aliphatic heterocycles. The first-order valence-electron chi connectivity index (χ1n) is 8.82. The van der Waals surface area contributed by atoms with Gasteiger partial charge in [-0.25, -0.2) is 0 Å². The van der Waals surface area contributed by atoms with E-state index in [1.165, 1.54) is 49.6 Å². The number of alkyl halides is 2. The topological polar surface area (TPSA) is 90.6 Å². The first-order chi connectivity index (χ1) is 14.4. The largest absolute Gasteiger partial charge is 0.497 e. The van der Waals surface area contributed by atoms with Crippen LogP contribution in [0.25, 0.3) is 11.1 Å². The molecular weight excluding hydrogens is 394 g/mol. The number of amides is 2. The lowest BCUT2D eigenvalue weighted by Gasteiger charge is -2.14. The number of carbonyl (C=O) groups is 2. The average molecular weight is 412 g/mol. The van der Waals surface area contributed by atoms with E-state index in [1.54, 1.807) is 24.3 Å². The number of rotatable bonds is 7. The first kappa shape index (κ1) is 20.8. The van der Waals surface area contributed by atoms with E-state index in [4.69, 9.17) is 10.5 Å². The predicted octanol–water partition coefficient (Wildman–Crippen LogP) is 4.31. The summed E-state index contributed by atoms with van der Waals surface area (Å²) in [7, 11) is 1.52. The molecule has 0 aromatic heterocycles. The molecule has 154 valence electrons. The van der Waals surface area contributed by atoms with E-state index in [1.807, 2.05) is 0 Å². The van der Waals surface area contributed by atoms with Gasteiger partial charge in [-0.2, -0.15) is 8.78 Å². The summed E-state index contributed by atoms with van der Waals surface area (Å²) >= 11 is 0. The molecule has 0 saturated heterocycles. The van der Waals surface area contributed by atoms with Gasteiger partial charge in [-0.3, -0.25) is 9.59 Å². The highest BCUT2D eigenvalue weighted by atomic mass is 19.3. The molecule has 3 N–H and O–H groups in total. The standard InChI is InChI=1S/C22H18F2N2O4/c1-29-17-9-6-13(7-10-17)18-12-16(8-11-19(18)30-22(23)24)26-21(28)15-4-2-14(3-5-15)20(25)27/h2-12,22H,1H3,(H2,25,27)(H,26,28). The molecule has 0 fully saturated rings. The lowest BCUT2D eigenvalue weighted by molar-refractivity contribution is -0.0494. The quantitative estimate of drug-likeness (QED) is 0.605. The maximum absolute atomic E-state index is 12.8. The van der Waals surface area contributed by atoms with Gasteiger partial charge in [-0.05, 0) is 60.2 Å². The molecule has 0 atom stereocenters. The molecule has 2 amide bonds. The Hall–Kier alpha value is -3.94. The summed E-state index contributed by atoms with van der Waals surface area (Å²) < 4.78 is 35.3. The van der Waals surface area contributed by atoms with Crippen molar-refractivity contribution < 1.29 is 27.8 Å². The number of nitrogens with one attached hydrogen (secondary N) is 1. The number of hydrogen-bond donors (Lipinski definition) is 2. The summed E-state index contributed by atoms with van der Waals surface area (Å²) in [5, 5.41) is 2.70. The molecule has 3 rings (SSSR count). The van der Waals surface area contributed by atoms with Gasteiger partial charge in [0.05, 0.1) is 7.11 Å². The van der Waals surface area contributed by atoms with Crippen LogP contribution in [-0.4, -0.2) is 25.5 Å². The van der Waals surface area contributed by atoms with Crippen molar-refractivity contribution in [1.29, 1.82) is 0 Å². The van der Waals surface area contributed by atoms with Crippen LogP contribution in [0.3, 0.4) is 0 Å². The predicted molar refractivity (Wildman–Crippen MR) is 108 cm³/mol. The van der Waals surface area contributed by atoms with Crippen LogP contribution < -0.4 is 20.5 Å². The molecule has 3 aromatic rings. The molecule has 0 unspecified atom stereocenters. The molecule has 8 heteroatoms. The minimum Gasteiger partial charge on any atom is -0.497 e. The van der Waals surface area contributed by atoms with Crippen molar-refractivity contribution in [2.45, 2.75) is 6.61 Å². The number of methoxy groups -OCH3 is 1. The average Bonchev–Trinajstić information content (AvgIpc) is 2.74. The fraction of sp³-hybridized carbons (Fsp3) is 0.0909. The minimum absolute atomic E-state index is 0.0287. The van der Waals surface area contributed by atoms with Crippen LogP contribution in [0.15, 0.2) is 66.7 Å². The SMILES string of the molecule is COc1ccc(-c2cc(NC(=O)c3ccc(C(N)=O)cc3)ccc2OC(F)F)cc1. The van der Waals surface area contributed by atoms with E-state index < -0.39 is 18.4 Å². The molecule has 0 aliphatic carbocycles. The number of hydrogen-bond acceptors (Lipinski definition) is 4. The molecule has 6 nitrogen and oxygen atoms in total. The number of anilines is 1. The van der Waals surface area contributed by atoms with E-state index in [9.17, 15) is 18.4 Å². The first-order valence-corrected chi connectivity index (χ1v) is 8.82. The molecule has 0 bridgehead atoms. The maximum atomic E-state index is 12.8. The molecule has 30 heavy (non-hydrogen) atoms. The fourth-order valence-electron chi connectivity index (χ4n) is 2.79. The van der Waals surface area contributed by atoms with Gasteiger partial charge in [0, 0.05) is 22.4 Å². The normalized spacial score (nSPS) is 10.5. The lowest BCUT2D eigenvalue weighted by atomic mass is 10.0. The highest BCUT2D eigenvalue weighted by Crippen LogP contribution is 2.34. The Morgan fingerprint density at radius 1 is 0.933 bits per heavy atom. The van der Waals surface area contributed by atoms with Crippen LogP contribution in [-0.2, 0) is 0 Å². The van der Waals surface area contributed by atoms with Gasteiger partial charge in [0.25, 0.3) is 5.91 Å². The highest BCUT2D eigenvalue weighted by molar-refractivity contribution is 6.05. The van der Waals surface area contributed by atoms with Crippen molar-refractivity contribution in [3.63, 3.8) is 0 Å². The van der Waals surface area contributed by atoms with Crippen molar-refractivity contribution in [3.8, 4) is 22.6 Å². The van der Waals surface area contributed by atoms with E-state index in [0.717, 1.165) is 0 Å². The minimum atomic E-state index is -2.99. The fourth-order valence-corrected chi connectivity index (χ4v) is 2.79. The van der Waals surface area contributed by atoms with Crippen molar-refractivity contribution in [1.82, 2.24) is 0 Å². The van der Waals surface area contributed by atoms with E-state index >= 15 is 0 Å². The second kappa shape index (κ2) is 9.04. The summed E-state index contributed by atoms with van der Waals surface area (Å²) in [5.74, 6) is -0.451. The summed E-state index contributed by atoms with van der Waals surface area (Å²) in [5.41, 5.74) is 7.13. The smallest absolute Gasteiger partial charge is 0.387 e. The molecule has 0 aliphatic rings. The molecule has 0 radical (unpaired) electrons. The van der Waals surface area contributed by atoms with Gasteiger partial charge in [-0.1, -0.05) is 12.1 Å². The summed E-state index contributed by atoms with van der Waals surface area (Å²) in [4.78, 5) is 23.6. The Morgan fingerprint density at radius 2 is 1.57 bits per heavy atom. The van der Waals surface area contributed by atoms with Gasteiger partial charge >= 0.3 is 6.61 Å². The van der Waals surface area contributed by atoms with Crippen LogP contribution in [0, 0.1) is 0 Å². The molecule has 0 spiro atoms. The zero-order valence-electron chi connectivity index (χ0n) is 15.9. The van der Waals surface area contributed by atoms with Gasteiger partial charge in [0.1, 0.15) is 11.5 Å². The third-order valence-electron chi connectivity index (χ3n) is 4.29. The number of nitrogens with two attached hydrogens (primary N) is 1. The number of ether oxygens (including phenoxy) is 2. The monoisotopic (exact) mass is 412 g/mol. The highest BCUT2D eigenvalue weighted by Gasteiger charge is 2.14. The number of carbonyl (C=O) groups excluding carboxylic acids is 2. The Bertz CT molecular complexity index is 1050. The molecule has 0 heterocycles. The number of halogens is 2. The van der Waals surface area contributed by atoms with Crippen LogP contribution in [0.4, 0.5) is 14.5 Å². The Labute approximate surface area is 171 Å². The van der Waals surface area contributed by atoms with Gasteiger partial charge in [-0.15, -0.1) is 0 Å². The molecule has 0 saturated carbocycles. The van der Waals surface area contributed by atoms with Gasteiger partial charge in [0.15, 0.2) is 0 Å². The Balaban J connectivity index is 1.89. The summed E-state index contributed by atoms with van der Waals surface area (Å²) in [6, 6.07) is 16.9. The number of primary amides is 1. The second-order valence-corrected chi connectivity index (χ2v) is 6.21. The lowest BCUT2D eigenvalue weighted by Crippen LogP contribution is -2.14. The van der Waals surface area contributed by atoms with Crippen molar-refractivity contribution in [2.75, 3.05) is 12.4 Å². The van der Waals surface area contributed by atoms with Crippen LogP contribution >= 0.6 is 0 Å². The zero-order chi connectivity index (χ0) is 21.7. The Morgan fingerprint density at radius 3 is 2.13 bits per heavy atom. The van der Waals surface area contributed by atoms with Crippen molar-refractivity contribution in [2.24, 2.45) is 5.73 Å². The van der Waals surface area contributed by atoms with Gasteiger partial charge < -0.3 is 20.5 Å². The maximum Gasteiger partial charge on any atom is 0.387 e. The van der Waals surface area contributed by atoms with Crippen LogP contribution in [0.2, 0.25) is 0 Å². The van der Waals surface area contributed by atoms with E-state index in [0.29, 0.717) is 28.1 Å².